The van der Waals surface area contributed by atoms with Gasteiger partial charge < -0.3 is 20.1 Å². The summed E-state index contributed by atoms with van der Waals surface area (Å²) in [5.74, 6) is 0.392. The number of carbonyl (C=O) groups excluding carboxylic acids is 1. The molecule has 0 unspecified atom stereocenters. The molecule has 0 saturated carbocycles. The van der Waals surface area contributed by atoms with Crippen LogP contribution in [0.3, 0.4) is 0 Å². The van der Waals surface area contributed by atoms with Crippen LogP contribution < -0.4 is 0 Å². The van der Waals surface area contributed by atoms with Crippen LogP contribution in [0.1, 0.15) is 16.8 Å². The molecule has 0 heterocycles. The average molecular weight is 336 g/mol. The molecule has 4 N–H and O–H groups in total. The normalized spacial score (nSPS) is 10.8. The van der Waals surface area contributed by atoms with Crippen LogP contribution in [-0.4, -0.2) is 34.1 Å². The predicted molar refractivity (Wildman–Crippen MR) is 69.0 cm³/mol. The van der Waals surface area contributed by atoms with Gasteiger partial charge in [0.2, 0.25) is 5.12 Å². The topological polar surface area (TPSA) is 102 Å². The second-order valence-corrected chi connectivity index (χ2v) is 6.68. The molecule has 1 rings (SSSR count). The molecular weight excluding hydrogens is 322 g/mol. The van der Waals surface area contributed by atoms with Crippen molar-refractivity contribution >= 4 is 31.4 Å². The van der Waals surface area contributed by atoms with Crippen LogP contribution in [0.2, 0.25) is 6.04 Å². The molecule has 1 aromatic carbocycles. The van der Waals surface area contributed by atoms with Gasteiger partial charge in [-0.15, -0.1) is 5.69 Å². The fourth-order valence-corrected chi connectivity index (χ4v) is 2.93. The van der Waals surface area contributed by atoms with E-state index in [2.05, 4.69) is 0 Å². The van der Waals surface area contributed by atoms with E-state index < -0.39 is 8.80 Å². The summed E-state index contributed by atoms with van der Waals surface area (Å²) in [6, 6.07) is 6.43. The van der Waals surface area contributed by atoms with E-state index in [0.29, 0.717) is 17.7 Å². The summed E-state index contributed by atoms with van der Waals surface area (Å²) in [7, 11) is -3.98. The van der Waals surface area contributed by atoms with Crippen LogP contribution in [0.15, 0.2) is 24.3 Å². The van der Waals surface area contributed by atoms with E-state index in [1.165, 1.54) is 0 Å². The molecule has 8 heteroatoms. The Bertz CT molecular complexity index is 400. The first-order valence-electron chi connectivity index (χ1n) is 5.05. The minimum absolute atomic E-state index is 0. The van der Waals surface area contributed by atoms with Crippen molar-refractivity contribution in [3.63, 3.8) is 0 Å². The van der Waals surface area contributed by atoms with E-state index in [0.717, 1.165) is 11.8 Å². The van der Waals surface area contributed by atoms with E-state index in [-0.39, 0.29) is 33.9 Å². The molecule has 18 heavy (non-hydrogen) atoms. The van der Waals surface area contributed by atoms with E-state index in [1.807, 2.05) is 0 Å². The minimum Gasteiger partial charge on any atom is -0.698 e. The summed E-state index contributed by atoms with van der Waals surface area (Å²) in [6.07, 6.45) is 0.353. The Kier molecular flexibility index (Phi) is 7.80. The third-order valence-electron chi connectivity index (χ3n) is 2.04. The standard InChI is InChI=1S/C10H15NO4SSi.Cu/c11-9-5-2-1-4-8(9)10(12)16-6-3-7-17(13,14)15;/h1-2,4-5,13-15H,3,6-7H2,(H2,11,12);/q;+2/p-1. The van der Waals surface area contributed by atoms with Crippen molar-refractivity contribution < 1.29 is 36.3 Å². The molecule has 1 radical (unpaired) electrons. The van der Waals surface area contributed by atoms with E-state index in [1.54, 1.807) is 24.3 Å². The van der Waals surface area contributed by atoms with E-state index in [9.17, 15) is 4.79 Å². The van der Waals surface area contributed by atoms with E-state index >= 15 is 0 Å². The van der Waals surface area contributed by atoms with Crippen LogP contribution in [0.4, 0.5) is 5.69 Å². The molecule has 5 nitrogen and oxygen atoms in total. The molecular formula is C10H14CuNO4SSi+. The van der Waals surface area contributed by atoms with Crippen molar-refractivity contribution in [2.75, 3.05) is 5.75 Å². The third kappa shape index (κ3) is 6.55. The van der Waals surface area contributed by atoms with Gasteiger partial charge in [-0.25, -0.2) is 0 Å². The molecule has 0 aliphatic rings. The van der Waals surface area contributed by atoms with Gasteiger partial charge in [0.1, 0.15) is 0 Å². The number of thioether (sulfide) groups is 1. The summed E-state index contributed by atoms with van der Waals surface area (Å²) in [5.41, 5.74) is 8.06. The van der Waals surface area contributed by atoms with Crippen molar-refractivity contribution in [3.05, 3.63) is 35.6 Å². The van der Waals surface area contributed by atoms with Crippen LogP contribution in [0.5, 0.6) is 0 Å². The fourth-order valence-electron chi connectivity index (χ4n) is 1.21. The van der Waals surface area contributed by atoms with Crippen LogP contribution in [0, 0.1) is 0 Å². The maximum absolute atomic E-state index is 11.7. The minimum atomic E-state index is -3.98. The van der Waals surface area contributed by atoms with Gasteiger partial charge in [0.25, 0.3) is 0 Å². The van der Waals surface area contributed by atoms with Crippen LogP contribution in [0.25, 0.3) is 5.73 Å². The molecule has 0 amide bonds. The molecule has 0 fully saturated rings. The number of hydrogen-bond acceptors (Lipinski definition) is 5. The molecule has 0 bridgehead atoms. The van der Waals surface area contributed by atoms with Gasteiger partial charge in [-0.05, 0) is 6.42 Å². The maximum atomic E-state index is 11.7. The molecule has 0 aliphatic heterocycles. The summed E-state index contributed by atoms with van der Waals surface area (Å²) >= 11 is 1.01. The molecule has 103 valence electrons. The number of hydrogen-bond donors (Lipinski definition) is 3. The molecule has 0 saturated heterocycles. The van der Waals surface area contributed by atoms with E-state index in [4.69, 9.17) is 20.1 Å². The first kappa shape index (κ1) is 17.7. The average Bonchev–Trinajstić information content (AvgIpc) is 2.23. The van der Waals surface area contributed by atoms with Gasteiger partial charge in [0.05, 0.1) is 0 Å². The van der Waals surface area contributed by atoms with Gasteiger partial charge in [-0.3, -0.25) is 4.79 Å². The van der Waals surface area contributed by atoms with Gasteiger partial charge in [0.15, 0.2) is 0 Å². The summed E-state index contributed by atoms with van der Waals surface area (Å²) in [5, 5.41) is -0.211. The van der Waals surface area contributed by atoms with Crippen molar-refractivity contribution in [2.24, 2.45) is 0 Å². The van der Waals surface area contributed by atoms with Crippen molar-refractivity contribution in [1.29, 1.82) is 0 Å². The summed E-state index contributed by atoms with van der Waals surface area (Å²) in [4.78, 5) is 38.0. The quantitative estimate of drug-likeness (QED) is 0.559. The summed E-state index contributed by atoms with van der Waals surface area (Å²) in [6.45, 7) is 0. The Labute approximate surface area is 121 Å². The predicted octanol–water partition coefficient (Wildman–Crippen LogP) is 1.55. The Morgan fingerprint density at radius 2 is 1.89 bits per heavy atom. The molecule has 0 aliphatic carbocycles. The largest absolute Gasteiger partial charge is 2.00 e. The Balaban J connectivity index is 0.00000289. The first-order valence-corrected chi connectivity index (χ1v) is 8.08. The van der Waals surface area contributed by atoms with Crippen molar-refractivity contribution in [1.82, 2.24) is 0 Å². The Morgan fingerprint density at radius 1 is 1.28 bits per heavy atom. The molecule has 0 aromatic heterocycles. The van der Waals surface area contributed by atoms with Gasteiger partial charge in [-0.1, -0.05) is 36.0 Å². The number of benzene rings is 1. The van der Waals surface area contributed by atoms with Gasteiger partial charge in [-0.2, -0.15) is 0 Å². The van der Waals surface area contributed by atoms with Gasteiger partial charge in [0, 0.05) is 17.4 Å². The van der Waals surface area contributed by atoms with Crippen LogP contribution >= 0.6 is 11.8 Å². The molecule has 1 aromatic rings. The Hall–Kier alpha value is -0.344. The second-order valence-electron chi connectivity index (χ2n) is 3.56. The monoisotopic (exact) mass is 335 g/mol. The zero-order valence-electron chi connectivity index (χ0n) is 9.39. The smallest absolute Gasteiger partial charge is 0.698 e. The number of rotatable bonds is 5. The fraction of sp³-hybridized carbons (Fsp3) is 0.300. The third-order valence-corrected chi connectivity index (χ3v) is 4.04. The molecule has 0 spiro atoms. The number of nitrogens with one attached hydrogen (secondary N) is 1. The van der Waals surface area contributed by atoms with Crippen molar-refractivity contribution in [2.45, 2.75) is 12.5 Å². The van der Waals surface area contributed by atoms with Crippen molar-refractivity contribution in [3.8, 4) is 0 Å². The Morgan fingerprint density at radius 3 is 2.44 bits per heavy atom. The first-order chi connectivity index (χ1) is 7.90. The second kappa shape index (κ2) is 7.95. The summed E-state index contributed by atoms with van der Waals surface area (Å²) < 4.78 is 0. The van der Waals surface area contributed by atoms with Crippen LogP contribution in [-0.2, 0) is 17.1 Å². The number of carbonyl (C=O) groups is 1. The zero-order valence-corrected chi connectivity index (χ0v) is 12.1. The maximum Gasteiger partial charge on any atom is 2.00 e. The molecule has 0 atom stereocenters. The van der Waals surface area contributed by atoms with Gasteiger partial charge >= 0.3 is 25.9 Å². The zero-order chi connectivity index (χ0) is 12.9. The SMILES string of the molecule is [Cu+2].[NH-]c1ccccc1C(=O)SCCC[Si](O)(O)O.